The molecular weight excluding hydrogens is 256 g/mol. The molecule has 1 N–H and O–H groups in total. The van der Waals surface area contributed by atoms with Crippen molar-refractivity contribution in [3.8, 4) is 5.75 Å². The monoisotopic (exact) mass is 271 g/mol. The molecule has 1 fully saturated rings. The molecule has 0 aliphatic carbocycles. The molecule has 6 heteroatoms. The molecule has 1 aliphatic heterocycles. The van der Waals surface area contributed by atoms with Gasteiger partial charge in [0.2, 0.25) is 5.91 Å². The number of rotatable bonds is 5. The SMILES string of the molecule is O=C(NCCOc1ccc(F)cc1F)C1CCCO1. The molecule has 1 saturated heterocycles. The van der Waals surface area contributed by atoms with Crippen molar-refractivity contribution in [2.45, 2.75) is 18.9 Å². The predicted molar refractivity (Wildman–Crippen MR) is 63.8 cm³/mol. The van der Waals surface area contributed by atoms with Gasteiger partial charge in [-0.15, -0.1) is 0 Å². The molecule has 1 aromatic rings. The van der Waals surface area contributed by atoms with Crippen molar-refractivity contribution in [3.63, 3.8) is 0 Å². The minimum Gasteiger partial charge on any atom is -0.489 e. The lowest BCUT2D eigenvalue weighted by Gasteiger charge is -2.11. The van der Waals surface area contributed by atoms with Crippen LogP contribution in [0.5, 0.6) is 5.75 Å². The van der Waals surface area contributed by atoms with Gasteiger partial charge in [0, 0.05) is 12.7 Å². The van der Waals surface area contributed by atoms with E-state index in [-0.39, 0.29) is 30.9 Å². The van der Waals surface area contributed by atoms with Crippen LogP contribution >= 0.6 is 0 Å². The molecule has 0 saturated carbocycles. The Hall–Kier alpha value is -1.69. The van der Waals surface area contributed by atoms with E-state index in [1.807, 2.05) is 0 Å². The predicted octanol–water partition coefficient (Wildman–Crippen LogP) is 1.64. The second-order valence-electron chi connectivity index (χ2n) is 4.22. The molecule has 19 heavy (non-hydrogen) atoms. The maximum Gasteiger partial charge on any atom is 0.249 e. The van der Waals surface area contributed by atoms with Crippen molar-refractivity contribution in [3.05, 3.63) is 29.8 Å². The summed E-state index contributed by atoms with van der Waals surface area (Å²) in [6, 6.07) is 3.08. The second-order valence-corrected chi connectivity index (χ2v) is 4.22. The zero-order chi connectivity index (χ0) is 13.7. The van der Waals surface area contributed by atoms with E-state index in [9.17, 15) is 13.6 Å². The van der Waals surface area contributed by atoms with Crippen LogP contribution < -0.4 is 10.1 Å². The Morgan fingerprint density at radius 1 is 1.47 bits per heavy atom. The Morgan fingerprint density at radius 3 is 3.00 bits per heavy atom. The summed E-state index contributed by atoms with van der Waals surface area (Å²) in [7, 11) is 0. The van der Waals surface area contributed by atoms with E-state index >= 15 is 0 Å². The molecule has 1 atom stereocenters. The summed E-state index contributed by atoms with van der Waals surface area (Å²) in [4.78, 5) is 11.6. The minimum absolute atomic E-state index is 0.0345. The first kappa shape index (κ1) is 13.7. The third kappa shape index (κ3) is 3.89. The van der Waals surface area contributed by atoms with Gasteiger partial charge in [0.25, 0.3) is 0 Å². The number of halogens is 2. The van der Waals surface area contributed by atoms with Crippen molar-refractivity contribution in [2.24, 2.45) is 0 Å². The Bertz CT molecular complexity index is 448. The van der Waals surface area contributed by atoms with Gasteiger partial charge < -0.3 is 14.8 Å². The molecule has 4 nitrogen and oxygen atoms in total. The fourth-order valence-corrected chi connectivity index (χ4v) is 1.83. The standard InChI is InChI=1S/C13H15F2NO3/c14-9-3-4-11(10(15)8-9)19-7-5-16-13(17)12-2-1-6-18-12/h3-4,8,12H,1-2,5-7H2,(H,16,17). The highest BCUT2D eigenvalue weighted by atomic mass is 19.1. The first-order chi connectivity index (χ1) is 9.16. The van der Waals surface area contributed by atoms with Crippen LogP contribution in [0, 0.1) is 11.6 Å². The van der Waals surface area contributed by atoms with E-state index in [4.69, 9.17) is 9.47 Å². The Labute approximate surface area is 109 Å². The lowest BCUT2D eigenvalue weighted by atomic mass is 10.2. The number of carbonyl (C=O) groups excluding carboxylic acids is 1. The zero-order valence-electron chi connectivity index (χ0n) is 10.3. The summed E-state index contributed by atoms with van der Waals surface area (Å²) >= 11 is 0. The highest BCUT2D eigenvalue weighted by molar-refractivity contribution is 5.80. The number of hydrogen-bond acceptors (Lipinski definition) is 3. The molecule has 1 unspecified atom stereocenters. The van der Waals surface area contributed by atoms with Crippen molar-refractivity contribution in [1.29, 1.82) is 0 Å². The van der Waals surface area contributed by atoms with Gasteiger partial charge in [-0.3, -0.25) is 4.79 Å². The van der Waals surface area contributed by atoms with E-state index in [0.717, 1.165) is 25.0 Å². The van der Waals surface area contributed by atoms with Gasteiger partial charge >= 0.3 is 0 Å². The fraction of sp³-hybridized carbons (Fsp3) is 0.462. The van der Waals surface area contributed by atoms with Crippen LogP contribution in [-0.4, -0.2) is 31.8 Å². The molecule has 0 bridgehead atoms. The zero-order valence-corrected chi connectivity index (χ0v) is 10.3. The van der Waals surface area contributed by atoms with Crippen molar-refractivity contribution in [1.82, 2.24) is 5.32 Å². The molecule has 104 valence electrons. The number of hydrogen-bond donors (Lipinski definition) is 1. The van der Waals surface area contributed by atoms with E-state index in [2.05, 4.69) is 5.32 Å². The third-order valence-electron chi connectivity index (χ3n) is 2.77. The van der Waals surface area contributed by atoms with Gasteiger partial charge in [-0.05, 0) is 25.0 Å². The Kier molecular flexibility index (Phi) is 4.68. The minimum atomic E-state index is -0.759. The average molecular weight is 271 g/mol. The van der Waals surface area contributed by atoms with Gasteiger partial charge in [-0.25, -0.2) is 8.78 Å². The molecule has 1 amide bonds. The van der Waals surface area contributed by atoms with E-state index in [1.165, 1.54) is 6.07 Å². The highest BCUT2D eigenvalue weighted by Crippen LogP contribution is 2.17. The Balaban J connectivity index is 1.70. The van der Waals surface area contributed by atoms with Gasteiger partial charge in [0.1, 0.15) is 18.5 Å². The van der Waals surface area contributed by atoms with Crippen LogP contribution in [0.2, 0.25) is 0 Å². The van der Waals surface area contributed by atoms with Crippen LogP contribution in [0.4, 0.5) is 8.78 Å². The molecule has 0 aromatic heterocycles. The number of carbonyl (C=O) groups is 1. The van der Waals surface area contributed by atoms with Gasteiger partial charge in [0.05, 0.1) is 6.54 Å². The summed E-state index contributed by atoms with van der Waals surface area (Å²) in [5.41, 5.74) is 0. The number of nitrogens with one attached hydrogen (secondary N) is 1. The first-order valence-electron chi connectivity index (χ1n) is 6.14. The van der Waals surface area contributed by atoms with Gasteiger partial charge in [-0.1, -0.05) is 0 Å². The topological polar surface area (TPSA) is 47.6 Å². The summed E-state index contributed by atoms with van der Waals surface area (Å²) in [5, 5.41) is 2.64. The average Bonchev–Trinajstić information content (AvgIpc) is 2.90. The number of ether oxygens (including phenoxy) is 2. The van der Waals surface area contributed by atoms with Crippen molar-refractivity contribution < 1.29 is 23.0 Å². The van der Waals surface area contributed by atoms with Crippen LogP contribution in [-0.2, 0) is 9.53 Å². The highest BCUT2D eigenvalue weighted by Gasteiger charge is 2.22. The molecule has 0 spiro atoms. The maximum atomic E-state index is 13.2. The fourth-order valence-electron chi connectivity index (χ4n) is 1.83. The van der Waals surface area contributed by atoms with Crippen molar-refractivity contribution >= 4 is 5.91 Å². The first-order valence-corrected chi connectivity index (χ1v) is 6.14. The van der Waals surface area contributed by atoms with E-state index < -0.39 is 11.6 Å². The van der Waals surface area contributed by atoms with Gasteiger partial charge in [-0.2, -0.15) is 0 Å². The van der Waals surface area contributed by atoms with Gasteiger partial charge in [0.15, 0.2) is 11.6 Å². The van der Waals surface area contributed by atoms with Crippen LogP contribution in [0.25, 0.3) is 0 Å². The van der Waals surface area contributed by atoms with Crippen LogP contribution in [0.3, 0.4) is 0 Å². The number of benzene rings is 1. The summed E-state index contributed by atoms with van der Waals surface area (Å²) in [6.07, 6.45) is 1.22. The molecule has 1 heterocycles. The van der Waals surface area contributed by atoms with Crippen LogP contribution in [0.15, 0.2) is 18.2 Å². The quantitative estimate of drug-likeness (QED) is 0.828. The van der Waals surface area contributed by atoms with E-state index in [1.54, 1.807) is 0 Å². The molecular formula is C13H15F2NO3. The molecule has 1 aromatic carbocycles. The third-order valence-corrected chi connectivity index (χ3v) is 2.77. The van der Waals surface area contributed by atoms with Crippen molar-refractivity contribution in [2.75, 3.05) is 19.8 Å². The second kappa shape index (κ2) is 6.47. The van der Waals surface area contributed by atoms with E-state index in [0.29, 0.717) is 6.61 Å². The summed E-state index contributed by atoms with van der Waals surface area (Å²) in [5.74, 6) is -1.63. The lowest BCUT2D eigenvalue weighted by molar-refractivity contribution is -0.130. The summed E-state index contributed by atoms with van der Waals surface area (Å²) < 4.78 is 36.2. The molecule has 1 aliphatic rings. The number of amides is 1. The Morgan fingerprint density at radius 2 is 2.32 bits per heavy atom. The summed E-state index contributed by atoms with van der Waals surface area (Å²) in [6.45, 7) is 0.964. The molecule has 0 radical (unpaired) electrons. The maximum absolute atomic E-state index is 13.2. The largest absolute Gasteiger partial charge is 0.489 e. The lowest BCUT2D eigenvalue weighted by Crippen LogP contribution is -2.36. The molecule has 2 rings (SSSR count). The normalized spacial score (nSPS) is 18.3. The smallest absolute Gasteiger partial charge is 0.249 e. The van der Waals surface area contributed by atoms with Crippen LogP contribution in [0.1, 0.15) is 12.8 Å².